The van der Waals surface area contributed by atoms with E-state index in [1.807, 2.05) is 0 Å². The van der Waals surface area contributed by atoms with Crippen molar-refractivity contribution < 1.29 is 14.3 Å². The fourth-order valence-electron chi connectivity index (χ4n) is 1.77. The molecule has 2 aromatic rings. The zero-order chi connectivity index (χ0) is 18.1. The van der Waals surface area contributed by atoms with Gasteiger partial charge in [-0.1, -0.05) is 36.9 Å². The van der Waals surface area contributed by atoms with E-state index < -0.39 is 6.03 Å². The van der Waals surface area contributed by atoms with Crippen molar-refractivity contribution in [2.24, 2.45) is 0 Å². The maximum Gasteiger partial charge on any atom is 0.325 e. The van der Waals surface area contributed by atoms with Gasteiger partial charge in [-0.25, -0.2) is 4.79 Å². The Kier molecular flexibility index (Phi) is 6.79. The minimum absolute atomic E-state index is 0.231. The summed E-state index contributed by atoms with van der Waals surface area (Å²) in [7, 11) is 0. The highest BCUT2D eigenvalue weighted by molar-refractivity contribution is 6.31. The number of aromatic nitrogens is 2. The van der Waals surface area contributed by atoms with Crippen molar-refractivity contribution >= 4 is 29.1 Å². The number of rotatable bonds is 8. The molecule has 2 amide bonds. The number of anilines is 2. The fourth-order valence-corrected chi connectivity index (χ4v) is 1.94. The summed E-state index contributed by atoms with van der Waals surface area (Å²) in [5.74, 6) is 0.971. The minimum Gasteiger partial charge on any atom is -0.487 e. The topological polar surface area (TPSA) is 85.4 Å². The van der Waals surface area contributed by atoms with Crippen LogP contribution in [0.4, 0.5) is 16.3 Å². The zero-order valence-electron chi connectivity index (χ0n) is 13.4. The second-order valence-corrected chi connectivity index (χ2v) is 5.10. The highest BCUT2D eigenvalue weighted by Gasteiger charge is 2.10. The first-order valence-electron chi connectivity index (χ1n) is 7.29. The molecule has 1 aromatic heterocycles. The highest BCUT2D eigenvalue weighted by Crippen LogP contribution is 2.28. The van der Waals surface area contributed by atoms with Crippen LogP contribution in [0.2, 0.25) is 5.02 Å². The number of carbonyl (C=O) groups excluding carboxylic acids is 1. The number of benzene rings is 1. The molecule has 1 aromatic carbocycles. The van der Waals surface area contributed by atoms with Crippen LogP contribution in [-0.2, 0) is 0 Å². The average Bonchev–Trinajstić information content (AvgIpc) is 2.59. The fraction of sp³-hybridized carbons (Fsp3) is 0.118. The van der Waals surface area contributed by atoms with Crippen molar-refractivity contribution in [1.82, 2.24) is 9.97 Å². The molecule has 0 atom stereocenters. The summed E-state index contributed by atoms with van der Waals surface area (Å²) < 4.78 is 10.7. The molecule has 0 bridgehead atoms. The van der Waals surface area contributed by atoms with Gasteiger partial charge in [0.1, 0.15) is 19.0 Å². The van der Waals surface area contributed by atoms with E-state index in [1.54, 1.807) is 30.4 Å². The Bertz CT molecular complexity index is 767. The number of carbonyl (C=O) groups is 1. The van der Waals surface area contributed by atoms with Gasteiger partial charge in [-0.2, -0.15) is 4.98 Å². The maximum atomic E-state index is 12.2. The predicted molar refractivity (Wildman–Crippen MR) is 97.5 cm³/mol. The van der Waals surface area contributed by atoms with Crippen LogP contribution in [0.5, 0.6) is 11.6 Å². The molecular formula is C17H17ClN4O3. The van der Waals surface area contributed by atoms with Crippen molar-refractivity contribution in [3.8, 4) is 11.6 Å². The molecule has 0 saturated carbocycles. The lowest BCUT2D eigenvalue weighted by Crippen LogP contribution is -2.21. The lowest BCUT2D eigenvalue weighted by molar-refractivity contribution is 0.262. The van der Waals surface area contributed by atoms with E-state index in [2.05, 4.69) is 33.8 Å². The van der Waals surface area contributed by atoms with Crippen LogP contribution in [-0.4, -0.2) is 29.2 Å². The van der Waals surface area contributed by atoms with Gasteiger partial charge in [0.15, 0.2) is 5.82 Å². The first kappa shape index (κ1) is 18.3. The highest BCUT2D eigenvalue weighted by atomic mass is 35.5. The molecule has 25 heavy (non-hydrogen) atoms. The van der Waals surface area contributed by atoms with Crippen molar-refractivity contribution in [1.29, 1.82) is 0 Å². The van der Waals surface area contributed by atoms with E-state index in [1.165, 1.54) is 12.4 Å². The van der Waals surface area contributed by atoms with E-state index >= 15 is 0 Å². The van der Waals surface area contributed by atoms with Gasteiger partial charge in [0.05, 0.1) is 18.1 Å². The quantitative estimate of drug-likeness (QED) is 0.697. The van der Waals surface area contributed by atoms with Gasteiger partial charge in [-0.3, -0.25) is 10.3 Å². The monoisotopic (exact) mass is 360 g/mol. The lowest BCUT2D eigenvalue weighted by atomic mass is 10.3. The van der Waals surface area contributed by atoms with Gasteiger partial charge in [0.2, 0.25) is 5.88 Å². The Hall–Kier alpha value is -3.06. The molecule has 0 fully saturated rings. The smallest absolute Gasteiger partial charge is 0.325 e. The van der Waals surface area contributed by atoms with E-state index in [0.29, 0.717) is 23.1 Å². The van der Waals surface area contributed by atoms with E-state index in [9.17, 15) is 4.79 Å². The van der Waals surface area contributed by atoms with Gasteiger partial charge < -0.3 is 14.8 Å². The number of amides is 2. The molecule has 1 heterocycles. The number of hydrogen-bond acceptors (Lipinski definition) is 5. The summed E-state index contributed by atoms with van der Waals surface area (Å²) >= 11 is 5.97. The van der Waals surface area contributed by atoms with Crippen LogP contribution in [0.25, 0.3) is 0 Å². The van der Waals surface area contributed by atoms with E-state index in [0.717, 1.165) is 0 Å². The summed E-state index contributed by atoms with van der Waals surface area (Å²) in [5, 5.41) is 5.67. The average molecular weight is 361 g/mol. The molecule has 7 nitrogen and oxygen atoms in total. The summed E-state index contributed by atoms with van der Waals surface area (Å²) in [6.45, 7) is 7.72. The van der Waals surface area contributed by atoms with Crippen LogP contribution >= 0.6 is 11.6 Å². The SMILES string of the molecule is C=CCOc1cncc(NC(=O)Nc2cc(Cl)ccc2OCC=C)n1. The molecule has 0 aliphatic heterocycles. The molecule has 0 unspecified atom stereocenters. The summed E-state index contributed by atoms with van der Waals surface area (Å²) in [6.07, 6.45) is 6.01. The first-order chi connectivity index (χ1) is 12.1. The summed E-state index contributed by atoms with van der Waals surface area (Å²) in [4.78, 5) is 20.2. The van der Waals surface area contributed by atoms with Gasteiger partial charge in [-0.05, 0) is 18.2 Å². The van der Waals surface area contributed by atoms with Crippen molar-refractivity contribution in [3.63, 3.8) is 0 Å². The van der Waals surface area contributed by atoms with Gasteiger partial charge in [-0.15, -0.1) is 0 Å². The molecule has 0 aliphatic rings. The molecule has 130 valence electrons. The third-order valence-corrected chi connectivity index (χ3v) is 2.98. The zero-order valence-corrected chi connectivity index (χ0v) is 14.1. The van der Waals surface area contributed by atoms with Gasteiger partial charge in [0.25, 0.3) is 0 Å². The number of hydrogen-bond donors (Lipinski definition) is 2. The van der Waals surface area contributed by atoms with Crippen LogP contribution in [0, 0.1) is 0 Å². The normalized spacial score (nSPS) is 9.80. The molecular weight excluding hydrogens is 344 g/mol. The largest absolute Gasteiger partial charge is 0.487 e. The van der Waals surface area contributed by atoms with Crippen LogP contribution in [0.3, 0.4) is 0 Å². The Morgan fingerprint density at radius 3 is 2.68 bits per heavy atom. The third kappa shape index (κ3) is 5.82. The third-order valence-electron chi connectivity index (χ3n) is 2.75. The van der Waals surface area contributed by atoms with Crippen LogP contribution < -0.4 is 20.1 Å². The second-order valence-electron chi connectivity index (χ2n) is 4.66. The maximum absolute atomic E-state index is 12.2. The molecule has 2 N–H and O–H groups in total. The molecule has 0 radical (unpaired) electrons. The number of nitrogens with one attached hydrogen (secondary N) is 2. The van der Waals surface area contributed by atoms with E-state index in [-0.39, 0.29) is 18.3 Å². The lowest BCUT2D eigenvalue weighted by Gasteiger charge is -2.12. The Balaban J connectivity index is 2.06. The van der Waals surface area contributed by atoms with E-state index in [4.69, 9.17) is 21.1 Å². The number of urea groups is 1. The van der Waals surface area contributed by atoms with Crippen LogP contribution in [0.1, 0.15) is 0 Å². The number of ether oxygens (including phenoxy) is 2. The molecule has 0 aliphatic carbocycles. The second kappa shape index (κ2) is 9.29. The molecule has 0 spiro atoms. The van der Waals surface area contributed by atoms with Gasteiger partial charge >= 0.3 is 6.03 Å². The Morgan fingerprint density at radius 2 is 1.92 bits per heavy atom. The number of halogens is 1. The minimum atomic E-state index is -0.527. The summed E-state index contributed by atoms with van der Waals surface area (Å²) in [6, 6.07) is 4.37. The molecule has 8 heteroatoms. The standard InChI is InChI=1S/C17H17ClN4O3/c1-3-7-24-14-6-5-12(18)9-13(14)20-17(23)22-15-10-19-11-16(21-15)25-8-4-2/h3-6,9-11H,1-2,7-8H2,(H2,20,21,22,23). The van der Waals surface area contributed by atoms with Crippen molar-refractivity contribution in [3.05, 3.63) is 60.9 Å². The van der Waals surface area contributed by atoms with Crippen molar-refractivity contribution in [2.45, 2.75) is 0 Å². The summed E-state index contributed by atoms with van der Waals surface area (Å²) in [5.41, 5.74) is 0.416. The molecule has 2 rings (SSSR count). The van der Waals surface area contributed by atoms with Crippen molar-refractivity contribution in [2.75, 3.05) is 23.8 Å². The number of nitrogens with zero attached hydrogens (tertiary/aromatic N) is 2. The Morgan fingerprint density at radius 1 is 1.16 bits per heavy atom. The van der Waals surface area contributed by atoms with Gasteiger partial charge in [0, 0.05) is 5.02 Å². The first-order valence-corrected chi connectivity index (χ1v) is 7.67. The predicted octanol–water partition coefficient (Wildman–Crippen LogP) is 3.90. The molecule has 0 saturated heterocycles. The van der Waals surface area contributed by atoms with Crippen LogP contribution in [0.15, 0.2) is 55.9 Å². The Labute approximate surface area is 150 Å².